The summed E-state index contributed by atoms with van der Waals surface area (Å²) in [6, 6.07) is 1.85. The van der Waals surface area contributed by atoms with Crippen molar-refractivity contribution >= 4 is 27.6 Å². The number of aryl methyl sites for hydroxylation is 1. The number of hydrogen-bond donors (Lipinski definition) is 1. The Morgan fingerprint density at radius 2 is 2.43 bits per heavy atom. The van der Waals surface area contributed by atoms with Gasteiger partial charge in [-0.05, 0) is 24.5 Å². The average molecular weight is 208 g/mol. The van der Waals surface area contributed by atoms with Gasteiger partial charge in [-0.1, -0.05) is 0 Å². The normalized spacial score (nSPS) is 10.6. The van der Waals surface area contributed by atoms with Gasteiger partial charge in [0.25, 0.3) is 0 Å². The summed E-state index contributed by atoms with van der Waals surface area (Å²) in [5.41, 5.74) is 1.45. The van der Waals surface area contributed by atoms with E-state index in [1.165, 1.54) is 11.5 Å². The largest absolute Gasteiger partial charge is 0.481 e. The van der Waals surface area contributed by atoms with Crippen LogP contribution in [0.3, 0.4) is 0 Å². The average Bonchev–Trinajstić information content (AvgIpc) is 2.48. The Bertz CT molecular complexity index is 493. The third-order valence-electron chi connectivity index (χ3n) is 1.95. The molecule has 5 heteroatoms. The van der Waals surface area contributed by atoms with Crippen molar-refractivity contribution in [2.24, 2.45) is 0 Å². The molecule has 0 radical (unpaired) electrons. The number of aliphatic carboxylic acids is 1. The van der Waals surface area contributed by atoms with Crippen molar-refractivity contribution in [3.05, 3.63) is 23.7 Å². The van der Waals surface area contributed by atoms with Crippen molar-refractivity contribution in [2.75, 3.05) is 0 Å². The lowest BCUT2D eigenvalue weighted by molar-refractivity contribution is -0.136. The number of hydrogen-bond acceptors (Lipinski definition) is 4. The topological polar surface area (TPSA) is 63.1 Å². The molecule has 4 nitrogen and oxygen atoms in total. The smallest absolute Gasteiger partial charge is 0.309 e. The highest BCUT2D eigenvalue weighted by atomic mass is 32.1. The number of fused-ring (bicyclic) bond motifs is 1. The zero-order chi connectivity index (χ0) is 10.1. The van der Waals surface area contributed by atoms with Crippen LogP contribution in [-0.4, -0.2) is 20.4 Å². The summed E-state index contributed by atoms with van der Waals surface area (Å²) in [5, 5.41) is 9.59. The second-order valence-corrected chi connectivity index (χ2v) is 3.77. The molecular formula is C9H8N2O2S. The standard InChI is InChI=1S/C9H8N2O2S/c1-5-9-6(4-8(12)13)10-3-2-7(9)14-11-5/h2-3H,4H2,1H3,(H,12,13). The molecule has 2 rings (SSSR count). The molecule has 0 bridgehead atoms. The number of nitrogens with zero attached hydrogens (tertiary/aromatic N) is 2. The molecule has 0 aliphatic heterocycles. The van der Waals surface area contributed by atoms with Gasteiger partial charge in [0.05, 0.1) is 22.5 Å². The molecule has 2 aromatic rings. The SMILES string of the molecule is Cc1nsc2ccnc(CC(=O)O)c12. The monoisotopic (exact) mass is 208 g/mol. The van der Waals surface area contributed by atoms with Crippen LogP contribution in [0.2, 0.25) is 0 Å². The van der Waals surface area contributed by atoms with E-state index in [0.717, 1.165) is 15.8 Å². The van der Waals surface area contributed by atoms with Gasteiger partial charge in [0, 0.05) is 11.6 Å². The molecule has 0 aliphatic carbocycles. The Balaban J connectivity index is 2.63. The molecule has 0 atom stereocenters. The maximum absolute atomic E-state index is 10.6. The van der Waals surface area contributed by atoms with Crippen molar-refractivity contribution in [3.63, 3.8) is 0 Å². The first-order valence-electron chi connectivity index (χ1n) is 4.10. The van der Waals surface area contributed by atoms with Crippen LogP contribution >= 0.6 is 11.5 Å². The third kappa shape index (κ3) is 1.46. The highest BCUT2D eigenvalue weighted by Crippen LogP contribution is 2.24. The van der Waals surface area contributed by atoms with Gasteiger partial charge < -0.3 is 5.11 Å². The molecule has 0 spiro atoms. The van der Waals surface area contributed by atoms with Crippen LogP contribution in [-0.2, 0) is 11.2 Å². The van der Waals surface area contributed by atoms with Gasteiger partial charge in [0.2, 0.25) is 0 Å². The molecular weight excluding hydrogens is 200 g/mol. The summed E-state index contributed by atoms with van der Waals surface area (Å²) in [6.07, 6.45) is 1.58. The number of carboxylic acid groups (broad SMARTS) is 1. The number of carboxylic acids is 1. The van der Waals surface area contributed by atoms with Crippen LogP contribution in [0.1, 0.15) is 11.4 Å². The molecule has 2 heterocycles. The number of pyridine rings is 1. The predicted molar refractivity (Wildman–Crippen MR) is 53.5 cm³/mol. The number of aromatic nitrogens is 2. The molecule has 2 aromatic heterocycles. The molecule has 0 aliphatic rings. The number of rotatable bonds is 2. The first-order chi connectivity index (χ1) is 6.68. The lowest BCUT2D eigenvalue weighted by atomic mass is 10.1. The zero-order valence-electron chi connectivity index (χ0n) is 7.52. The Labute approximate surface area is 84.4 Å². The van der Waals surface area contributed by atoms with E-state index in [1.807, 2.05) is 13.0 Å². The van der Waals surface area contributed by atoms with Crippen molar-refractivity contribution in [1.82, 2.24) is 9.36 Å². The van der Waals surface area contributed by atoms with Crippen molar-refractivity contribution in [3.8, 4) is 0 Å². The second-order valence-electron chi connectivity index (χ2n) is 2.97. The van der Waals surface area contributed by atoms with Crippen LogP contribution < -0.4 is 0 Å². The fourth-order valence-corrected chi connectivity index (χ4v) is 2.19. The molecule has 0 aromatic carbocycles. The van der Waals surface area contributed by atoms with Gasteiger partial charge in [-0.2, -0.15) is 4.37 Å². The second kappa shape index (κ2) is 3.34. The molecule has 1 N–H and O–H groups in total. The van der Waals surface area contributed by atoms with Crippen molar-refractivity contribution in [1.29, 1.82) is 0 Å². The van der Waals surface area contributed by atoms with E-state index in [2.05, 4.69) is 9.36 Å². The maximum Gasteiger partial charge on any atom is 0.309 e. The van der Waals surface area contributed by atoms with Crippen LogP contribution in [0.5, 0.6) is 0 Å². The molecule has 14 heavy (non-hydrogen) atoms. The van der Waals surface area contributed by atoms with Gasteiger partial charge in [0.1, 0.15) is 0 Å². The summed E-state index contributed by atoms with van der Waals surface area (Å²) in [4.78, 5) is 14.7. The first kappa shape index (κ1) is 9.08. The summed E-state index contributed by atoms with van der Waals surface area (Å²) >= 11 is 1.37. The van der Waals surface area contributed by atoms with Crippen LogP contribution in [0, 0.1) is 6.92 Å². The molecule has 0 fully saturated rings. The van der Waals surface area contributed by atoms with E-state index in [4.69, 9.17) is 5.11 Å². The molecule has 0 unspecified atom stereocenters. The minimum absolute atomic E-state index is 0.0450. The fraction of sp³-hybridized carbons (Fsp3) is 0.222. The first-order valence-corrected chi connectivity index (χ1v) is 4.87. The van der Waals surface area contributed by atoms with Gasteiger partial charge in [-0.25, -0.2) is 0 Å². The lowest BCUT2D eigenvalue weighted by Gasteiger charge is -1.98. The third-order valence-corrected chi connectivity index (χ3v) is 2.85. The fourth-order valence-electron chi connectivity index (χ4n) is 1.39. The van der Waals surface area contributed by atoms with Gasteiger partial charge in [-0.3, -0.25) is 9.78 Å². The zero-order valence-corrected chi connectivity index (χ0v) is 8.34. The summed E-state index contributed by atoms with van der Waals surface area (Å²) in [5.74, 6) is -0.865. The van der Waals surface area contributed by atoms with Crippen LogP contribution in [0.4, 0.5) is 0 Å². The highest BCUT2D eigenvalue weighted by Gasteiger charge is 2.11. The van der Waals surface area contributed by atoms with Gasteiger partial charge >= 0.3 is 5.97 Å². The lowest BCUT2D eigenvalue weighted by Crippen LogP contribution is -2.02. The van der Waals surface area contributed by atoms with E-state index in [1.54, 1.807) is 6.20 Å². The molecule has 0 saturated carbocycles. The Hall–Kier alpha value is -1.49. The van der Waals surface area contributed by atoms with Crippen molar-refractivity contribution in [2.45, 2.75) is 13.3 Å². The maximum atomic E-state index is 10.6. The minimum atomic E-state index is -0.865. The van der Waals surface area contributed by atoms with E-state index in [-0.39, 0.29) is 6.42 Å². The summed E-state index contributed by atoms with van der Waals surface area (Å²) in [7, 11) is 0. The van der Waals surface area contributed by atoms with E-state index < -0.39 is 5.97 Å². The Morgan fingerprint density at radius 1 is 1.64 bits per heavy atom. The van der Waals surface area contributed by atoms with Crippen molar-refractivity contribution < 1.29 is 9.90 Å². The van der Waals surface area contributed by atoms with Crippen LogP contribution in [0.15, 0.2) is 12.3 Å². The van der Waals surface area contributed by atoms with E-state index in [9.17, 15) is 4.79 Å². The molecule has 72 valence electrons. The Kier molecular flexibility index (Phi) is 2.17. The van der Waals surface area contributed by atoms with E-state index in [0.29, 0.717) is 5.69 Å². The highest BCUT2D eigenvalue weighted by molar-refractivity contribution is 7.13. The quantitative estimate of drug-likeness (QED) is 0.814. The predicted octanol–water partition coefficient (Wildman–Crippen LogP) is 1.63. The van der Waals surface area contributed by atoms with Crippen LogP contribution in [0.25, 0.3) is 10.1 Å². The molecule has 0 saturated heterocycles. The Morgan fingerprint density at radius 3 is 3.14 bits per heavy atom. The van der Waals surface area contributed by atoms with Gasteiger partial charge in [0.15, 0.2) is 0 Å². The summed E-state index contributed by atoms with van der Waals surface area (Å²) in [6.45, 7) is 1.87. The number of carbonyl (C=O) groups is 1. The minimum Gasteiger partial charge on any atom is -0.481 e. The van der Waals surface area contributed by atoms with Gasteiger partial charge in [-0.15, -0.1) is 0 Å². The summed E-state index contributed by atoms with van der Waals surface area (Å²) < 4.78 is 5.17. The molecule has 0 amide bonds. The van der Waals surface area contributed by atoms with E-state index >= 15 is 0 Å².